The summed E-state index contributed by atoms with van der Waals surface area (Å²) < 4.78 is 0.896. The Balaban J connectivity index is 2.27. The van der Waals surface area contributed by atoms with Gasteiger partial charge in [0.25, 0.3) is 5.91 Å². The molecule has 104 valence electrons. The lowest BCUT2D eigenvalue weighted by Gasteiger charge is -2.29. The largest absolute Gasteiger partial charge is 0.398 e. The Bertz CT molecular complexity index is 461. The maximum absolute atomic E-state index is 12.7. The van der Waals surface area contributed by atoms with Crippen molar-refractivity contribution in [2.45, 2.75) is 45.1 Å². The van der Waals surface area contributed by atoms with E-state index in [4.69, 9.17) is 5.73 Å². The molecule has 0 aliphatic carbocycles. The number of carbonyl (C=O) groups excluding carboxylic acids is 1. The SMILES string of the molecule is CCC1CCCCCN1C(=O)c1cc(Br)ccc1N. The van der Waals surface area contributed by atoms with Crippen LogP contribution in [0.2, 0.25) is 0 Å². The van der Waals surface area contributed by atoms with Crippen molar-refractivity contribution < 1.29 is 4.79 Å². The summed E-state index contributed by atoms with van der Waals surface area (Å²) in [4.78, 5) is 14.7. The van der Waals surface area contributed by atoms with Crippen LogP contribution < -0.4 is 5.73 Å². The summed E-state index contributed by atoms with van der Waals surface area (Å²) >= 11 is 3.41. The molecule has 1 fully saturated rings. The van der Waals surface area contributed by atoms with E-state index in [1.807, 2.05) is 17.0 Å². The molecule has 1 aliphatic heterocycles. The molecule has 1 saturated heterocycles. The van der Waals surface area contributed by atoms with Gasteiger partial charge in [0.1, 0.15) is 0 Å². The fourth-order valence-electron chi connectivity index (χ4n) is 2.74. The van der Waals surface area contributed by atoms with Crippen LogP contribution in [-0.4, -0.2) is 23.4 Å². The lowest BCUT2D eigenvalue weighted by molar-refractivity contribution is 0.0679. The Morgan fingerprint density at radius 2 is 2.21 bits per heavy atom. The normalized spacial score (nSPS) is 20.1. The van der Waals surface area contributed by atoms with Crippen molar-refractivity contribution in [3.63, 3.8) is 0 Å². The predicted molar refractivity (Wildman–Crippen MR) is 82.1 cm³/mol. The summed E-state index contributed by atoms with van der Waals surface area (Å²) in [6.07, 6.45) is 5.65. The number of benzene rings is 1. The summed E-state index contributed by atoms with van der Waals surface area (Å²) in [5, 5.41) is 0. The summed E-state index contributed by atoms with van der Waals surface area (Å²) in [5.41, 5.74) is 7.14. The number of rotatable bonds is 2. The second-order valence-electron chi connectivity index (χ2n) is 5.14. The van der Waals surface area contributed by atoms with Crippen molar-refractivity contribution >= 4 is 27.5 Å². The summed E-state index contributed by atoms with van der Waals surface area (Å²) in [5.74, 6) is 0.0764. The van der Waals surface area contributed by atoms with Crippen LogP contribution >= 0.6 is 15.9 Å². The molecule has 0 spiro atoms. The third kappa shape index (κ3) is 3.30. The fraction of sp³-hybridized carbons (Fsp3) is 0.533. The van der Waals surface area contributed by atoms with Gasteiger partial charge in [0.05, 0.1) is 5.56 Å². The lowest BCUT2D eigenvalue weighted by atomic mass is 10.1. The molecule has 2 rings (SSSR count). The van der Waals surface area contributed by atoms with Crippen LogP contribution in [0.5, 0.6) is 0 Å². The van der Waals surface area contributed by atoms with Gasteiger partial charge in [-0.15, -0.1) is 0 Å². The summed E-state index contributed by atoms with van der Waals surface area (Å²) in [6.45, 7) is 3.00. The number of nitrogen functional groups attached to an aromatic ring is 1. The molecule has 19 heavy (non-hydrogen) atoms. The number of anilines is 1. The van der Waals surface area contributed by atoms with Crippen molar-refractivity contribution in [3.05, 3.63) is 28.2 Å². The number of nitrogens with zero attached hydrogens (tertiary/aromatic N) is 1. The molecule has 3 nitrogen and oxygen atoms in total. The molecule has 0 radical (unpaired) electrons. The van der Waals surface area contributed by atoms with Gasteiger partial charge in [-0.05, 0) is 37.5 Å². The Kier molecular flexibility index (Phi) is 4.86. The van der Waals surface area contributed by atoms with Gasteiger partial charge >= 0.3 is 0 Å². The smallest absolute Gasteiger partial charge is 0.256 e. The number of carbonyl (C=O) groups is 1. The second-order valence-corrected chi connectivity index (χ2v) is 6.06. The molecule has 1 aromatic rings. The number of amides is 1. The first kappa shape index (κ1) is 14.4. The first-order chi connectivity index (χ1) is 9.13. The van der Waals surface area contributed by atoms with E-state index in [2.05, 4.69) is 22.9 Å². The summed E-state index contributed by atoms with van der Waals surface area (Å²) in [6, 6.07) is 5.84. The Labute approximate surface area is 123 Å². The second kappa shape index (κ2) is 6.42. The van der Waals surface area contributed by atoms with E-state index in [0.29, 0.717) is 17.3 Å². The molecule has 1 unspecified atom stereocenters. The molecule has 0 bridgehead atoms. The Morgan fingerprint density at radius 3 is 2.95 bits per heavy atom. The Morgan fingerprint density at radius 1 is 1.42 bits per heavy atom. The van der Waals surface area contributed by atoms with Crippen LogP contribution in [0.3, 0.4) is 0 Å². The third-order valence-electron chi connectivity index (χ3n) is 3.85. The molecule has 2 N–H and O–H groups in total. The Hall–Kier alpha value is -1.03. The van der Waals surface area contributed by atoms with Gasteiger partial charge in [-0.2, -0.15) is 0 Å². The molecule has 1 heterocycles. The minimum Gasteiger partial charge on any atom is -0.398 e. The van der Waals surface area contributed by atoms with Gasteiger partial charge in [-0.25, -0.2) is 0 Å². The van der Waals surface area contributed by atoms with Crippen LogP contribution in [-0.2, 0) is 0 Å². The average molecular weight is 325 g/mol. The minimum atomic E-state index is 0.0764. The van der Waals surface area contributed by atoms with Gasteiger partial charge in [-0.1, -0.05) is 35.7 Å². The summed E-state index contributed by atoms with van der Waals surface area (Å²) in [7, 11) is 0. The predicted octanol–water partition coefficient (Wildman–Crippen LogP) is 3.83. The average Bonchev–Trinajstić information content (AvgIpc) is 2.65. The topological polar surface area (TPSA) is 46.3 Å². The highest BCUT2D eigenvalue weighted by Gasteiger charge is 2.26. The number of hydrogen-bond donors (Lipinski definition) is 1. The van der Waals surface area contributed by atoms with E-state index in [1.54, 1.807) is 6.07 Å². The van der Waals surface area contributed by atoms with E-state index in [0.717, 1.165) is 30.3 Å². The number of nitrogens with two attached hydrogens (primary N) is 1. The monoisotopic (exact) mass is 324 g/mol. The maximum Gasteiger partial charge on any atom is 0.256 e. The molecular formula is C15H21BrN2O. The zero-order valence-electron chi connectivity index (χ0n) is 11.4. The zero-order chi connectivity index (χ0) is 13.8. The number of likely N-dealkylation sites (tertiary alicyclic amines) is 1. The van der Waals surface area contributed by atoms with Gasteiger partial charge in [0.15, 0.2) is 0 Å². The van der Waals surface area contributed by atoms with E-state index in [9.17, 15) is 4.79 Å². The van der Waals surface area contributed by atoms with Crippen molar-refractivity contribution in [3.8, 4) is 0 Å². The fourth-order valence-corrected chi connectivity index (χ4v) is 3.10. The molecule has 1 amide bonds. The van der Waals surface area contributed by atoms with Crippen LogP contribution in [0.1, 0.15) is 49.4 Å². The third-order valence-corrected chi connectivity index (χ3v) is 4.35. The van der Waals surface area contributed by atoms with E-state index >= 15 is 0 Å². The molecule has 0 aromatic heterocycles. The van der Waals surface area contributed by atoms with E-state index in [1.165, 1.54) is 12.8 Å². The first-order valence-electron chi connectivity index (χ1n) is 6.99. The first-order valence-corrected chi connectivity index (χ1v) is 7.78. The van der Waals surface area contributed by atoms with Crippen molar-refractivity contribution in [1.82, 2.24) is 4.90 Å². The molecule has 1 aromatic carbocycles. The molecule has 1 aliphatic rings. The van der Waals surface area contributed by atoms with Crippen LogP contribution in [0.4, 0.5) is 5.69 Å². The molecular weight excluding hydrogens is 304 g/mol. The highest BCUT2D eigenvalue weighted by molar-refractivity contribution is 9.10. The zero-order valence-corrected chi connectivity index (χ0v) is 12.9. The molecule has 1 atom stereocenters. The van der Waals surface area contributed by atoms with Crippen molar-refractivity contribution in [1.29, 1.82) is 0 Å². The maximum atomic E-state index is 12.7. The van der Waals surface area contributed by atoms with Crippen molar-refractivity contribution in [2.24, 2.45) is 0 Å². The van der Waals surface area contributed by atoms with Crippen molar-refractivity contribution in [2.75, 3.05) is 12.3 Å². The highest BCUT2D eigenvalue weighted by atomic mass is 79.9. The number of hydrogen-bond acceptors (Lipinski definition) is 2. The van der Waals surface area contributed by atoms with E-state index in [-0.39, 0.29) is 5.91 Å². The van der Waals surface area contributed by atoms with Gasteiger partial charge in [0.2, 0.25) is 0 Å². The minimum absolute atomic E-state index is 0.0764. The van der Waals surface area contributed by atoms with Crippen LogP contribution in [0.25, 0.3) is 0 Å². The van der Waals surface area contributed by atoms with Gasteiger partial charge in [0, 0.05) is 22.7 Å². The highest BCUT2D eigenvalue weighted by Crippen LogP contribution is 2.25. The van der Waals surface area contributed by atoms with Crippen LogP contribution in [0.15, 0.2) is 22.7 Å². The quantitative estimate of drug-likeness (QED) is 0.840. The lowest BCUT2D eigenvalue weighted by Crippen LogP contribution is -2.40. The van der Waals surface area contributed by atoms with Gasteiger partial charge < -0.3 is 10.6 Å². The van der Waals surface area contributed by atoms with E-state index < -0.39 is 0 Å². The standard InChI is InChI=1S/C15H21BrN2O/c1-2-12-6-4-3-5-9-18(12)15(19)13-10-11(16)7-8-14(13)17/h7-8,10,12H,2-6,9,17H2,1H3. The molecule has 4 heteroatoms. The van der Waals surface area contributed by atoms with Gasteiger partial charge in [-0.3, -0.25) is 4.79 Å². The van der Waals surface area contributed by atoms with Crippen LogP contribution in [0, 0.1) is 0 Å². The number of halogens is 1. The molecule has 0 saturated carbocycles.